The first-order valence-corrected chi connectivity index (χ1v) is 7.25. The minimum Gasteiger partial charge on any atom is -0.467 e. The smallest absolute Gasteiger partial charge is 0.328 e. The second kappa shape index (κ2) is 6.82. The Kier molecular flexibility index (Phi) is 4.41. The summed E-state index contributed by atoms with van der Waals surface area (Å²) in [5, 5.41) is 2.64. The molecule has 9 heteroatoms. The molecule has 0 saturated heterocycles. The first-order valence-electron chi connectivity index (χ1n) is 7.25. The van der Waals surface area contributed by atoms with Gasteiger partial charge in [0.15, 0.2) is 0 Å². The SMILES string of the molecule is O=C(NCCc1cnc[nH]1)c1c[nH]c(=O)n(Cc2ccco2)c1=O. The lowest BCUT2D eigenvalue weighted by atomic mass is 10.3. The molecular weight excluding hydrogens is 314 g/mol. The predicted octanol–water partition coefficient (Wildman–Crippen LogP) is -0.127. The number of rotatable bonds is 6. The number of nitrogens with zero attached hydrogens (tertiary/aromatic N) is 2. The van der Waals surface area contributed by atoms with Gasteiger partial charge in [-0.15, -0.1) is 0 Å². The molecule has 0 aliphatic carbocycles. The summed E-state index contributed by atoms with van der Waals surface area (Å²) in [6.07, 6.45) is 6.32. The normalized spacial score (nSPS) is 10.7. The maximum atomic E-state index is 12.4. The van der Waals surface area contributed by atoms with E-state index in [4.69, 9.17) is 4.42 Å². The van der Waals surface area contributed by atoms with Gasteiger partial charge in [0.1, 0.15) is 11.3 Å². The highest BCUT2D eigenvalue weighted by Gasteiger charge is 2.15. The largest absolute Gasteiger partial charge is 0.467 e. The summed E-state index contributed by atoms with van der Waals surface area (Å²) in [6, 6.07) is 3.30. The Morgan fingerprint density at radius 1 is 1.33 bits per heavy atom. The molecule has 0 spiro atoms. The molecule has 3 rings (SSSR count). The number of aromatic nitrogens is 4. The van der Waals surface area contributed by atoms with Crippen LogP contribution in [0.2, 0.25) is 0 Å². The third-order valence-corrected chi connectivity index (χ3v) is 3.43. The van der Waals surface area contributed by atoms with Crippen molar-refractivity contribution in [3.05, 3.63) is 75.0 Å². The molecule has 124 valence electrons. The van der Waals surface area contributed by atoms with E-state index in [-0.39, 0.29) is 12.1 Å². The van der Waals surface area contributed by atoms with E-state index in [1.54, 1.807) is 24.7 Å². The first-order chi connectivity index (χ1) is 11.6. The standard InChI is InChI=1S/C15H15N5O4/c21-13(17-4-3-10-6-16-9-19-10)12-7-18-15(23)20(14(12)22)8-11-2-1-5-24-11/h1-2,5-7,9H,3-4,8H2,(H,16,19)(H,17,21)(H,18,23). The van der Waals surface area contributed by atoms with Gasteiger partial charge >= 0.3 is 5.69 Å². The van der Waals surface area contributed by atoms with Crippen molar-refractivity contribution in [3.8, 4) is 0 Å². The van der Waals surface area contributed by atoms with Gasteiger partial charge in [-0.2, -0.15) is 0 Å². The van der Waals surface area contributed by atoms with Crippen molar-refractivity contribution in [1.29, 1.82) is 0 Å². The average molecular weight is 329 g/mol. The van der Waals surface area contributed by atoms with Gasteiger partial charge < -0.3 is 19.7 Å². The lowest BCUT2D eigenvalue weighted by Crippen LogP contribution is -2.41. The highest BCUT2D eigenvalue weighted by molar-refractivity contribution is 5.93. The number of nitrogens with one attached hydrogen (secondary N) is 3. The topological polar surface area (TPSA) is 126 Å². The van der Waals surface area contributed by atoms with Crippen LogP contribution in [0.1, 0.15) is 21.8 Å². The van der Waals surface area contributed by atoms with Crippen molar-refractivity contribution >= 4 is 5.91 Å². The van der Waals surface area contributed by atoms with E-state index in [1.165, 1.54) is 6.26 Å². The van der Waals surface area contributed by atoms with Crippen LogP contribution in [0.4, 0.5) is 0 Å². The summed E-state index contributed by atoms with van der Waals surface area (Å²) in [5.41, 5.74) is -0.544. The van der Waals surface area contributed by atoms with Crippen molar-refractivity contribution in [2.75, 3.05) is 6.54 Å². The Labute approximate surface area is 135 Å². The summed E-state index contributed by atoms with van der Waals surface area (Å²) in [6.45, 7) is 0.286. The lowest BCUT2D eigenvalue weighted by molar-refractivity contribution is 0.0951. The maximum Gasteiger partial charge on any atom is 0.328 e. The summed E-state index contributed by atoms with van der Waals surface area (Å²) in [7, 11) is 0. The number of carbonyl (C=O) groups is 1. The predicted molar refractivity (Wildman–Crippen MR) is 83.8 cm³/mol. The Hall–Kier alpha value is -3.36. The van der Waals surface area contributed by atoms with E-state index in [0.717, 1.165) is 16.5 Å². The molecule has 1 amide bonds. The molecule has 0 bridgehead atoms. The molecule has 0 aromatic carbocycles. The first kappa shape index (κ1) is 15.5. The van der Waals surface area contributed by atoms with Gasteiger partial charge in [0, 0.05) is 31.1 Å². The lowest BCUT2D eigenvalue weighted by Gasteiger charge is -2.06. The molecule has 3 aromatic heterocycles. The fourth-order valence-corrected chi connectivity index (χ4v) is 2.20. The maximum absolute atomic E-state index is 12.4. The van der Waals surface area contributed by atoms with Gasteiger partial charge in [-0.05, 0) is 12.1 Å². The number of amides is 1. The number of hydrogen-bond donors (Lipinski definition) is 3. The van der Waals surface area contributed by atoms with Crippen LogP contribution in [-0.2, 0) is 13.0 Å². The number of imidazole rings is 1. The summed E-state index contributed by atoms with van der Waals surface area (Å²) < 4.78 is 6.05. The van der Waals surface area contributed by atoms with Crippen LogP contribution < -0.4 is 16.6 Å². The molecular formula is C15H15N5O4. The minimum absolute atomic E-state index is 0.0452. The highest BCUT2D eigenvalue weighted by Crippen LogP contribution is 2.00. The molecule has 3 heterocycles. The van der Waals surface area contributed by atoms with Crippen LogP contribution in [0, 0.1) is 0 Å². The van der Waals surface area contributed by atoms with Crippen LogP contribution in [0.15, 0.2) is 51.1 Å². The number of hydrogen-bond acceptors (Lipinski definition) is 5. The van der Waals surface area contributed by atoms with Crippen LogP contribution in [-0.4, -0.2) is 32.0 Å². The number of carbonyl (C=O) groups excluding carboxylic acids is 1. The van der Waals surface area contributed by atoms with E-state index in [1.807, 2.05) is 0 Å². The summed E-state index contributed by atoms with van der Waals surface area (Å²) >= 11 is 0. The molecule has 0 unspecified atom stereocenters. The van der Waals surface area contributed by atoms with E-state index >= 15 is 0 Å². The van der Waals surface area contributed by atoms with Gasteiger partial charge in [0.25, 0.3) is 11.5 Å². The highest BCUT2D eigenvalue weighted by atomic mass is 16.3. The van der Waals surface area contributed by atoms with Gasteiger partial charge in [-0.1, -0.05) is 0 Å². The van der Waals surface area contributed by atoms with Crippen molar-refractivity contribution in [1.82, 2.24) is 24.8 Å². The van der Waals surface area contributed by atoms with E-state index < -0.39 is 17.2 Å². The number of aromatic amines is 2. The number of H-pyrrole nitrogens is 2. The van der Waals surface area contributed by atoms with Crippen LogP contribution in [0.5, 0.6) is 0 Å². The molecule has 0 radical (unpaired) electrons. The number of furan rings is 1. The Morgan fingerprint density at radius 2 is 2.21 bits per heavy atom. The van der Waals surface area contributed by atoms with Gasteiger partial charge in [0.2, 0.25) is 0 Å². The summed E-state index contributed by atoms with van der Waals surface area (Å²) in [4.78, 5) is 45.6. The second-order valence-electron chi connectivity index (χ2n) is 5.06. The zero-order valence-electron chi connectivity index (χ0n) is 12.6. The summed E-state index contributed by atoms with van der Waals surface area (Å²) in [5.74, 6) is -0.108. The molecule has 24 heavy (non-hydrogen) atoms. The molecule has 0 aliphatic rings. The van der Waals surface area contributed by atoms with Crippen molar-refractivity contribution in [2.45, 2.75) is 13.0 Å². The van der Waals surface area contributed by atoms with Gasteiger partial charge in [0.05, 0.1) is 19.1 Å². The van der Waals surface area contributed by atoms with Crippen LogP contribution >= 0.6 is 0 Å². The second-order valence-corrected chi connectivity index (χ2v) is 5.06. The molecule has 0 atom stereocenters. The minimum atomic E-state index is -0.672. The third kappa shape index (κ3) is 3.35. The Morgan fingerprint density at radius 3 is 2.92 bits per heavy atom. The zero-order chi connectivity index (χ0) is 16.9. The molecule has 3 N–H and O–H groups in total. The molecule has 3 aromatic rings. The van der Waals surface area contributed by atoms with Crippen molar-refractivity contribution in [2.24, 2.45) is 0 Å². The molecule has 0 fully saturated rings. The van der Waals surface area contributed by atoms with Crippen LogP contribution in [0.25, 0.3) is 0 Å². The van der Waals surface area contributed by atoms with E-state index in [2.05, 4.69) is 20.3 Å². The van der Waals surface area contributed by atoms with Gasteiger partial charge in [-0.25, -0.2) is 9.78 Å². The molecule has 0 saturated carbocycles. The fourth-order valence-electron chi connectivity index (χ4n) is 2.20. The Bertz CT molecular complexity index is 922. The average Bonchev–Trinajstić information content (AvgIpc) is 3.25. The quantitative estimate of drug-likeness (QED) is 0.581. The van der Waals surface area contributed by atoms with E-state index in [9.17, 15) is 14.4 Å². The molecule has 0 aliphatic heterocycles. The van der Waals surface area contributed by atoms with Gasteiger partial charge in [-0.3, -0.25) is 14.2 Å². The van der Waals surface area contributed by atoms with E-state index in [0.29, 0.717) is 18.7 Å². The monoisotopic (exact) mass is 329 g/mol. The Balaban J connectivity index is 1.74. The zero-order valence-corrected chi connectivity index (χ0v) is 12.6. The van der Waals surface area contributed by atoms with Crippen LogP contribution in [0.3, 0.4) is 0 Å². The fraction of sp³-hybridized carbons (Fsp3) is 0.200. The van der Waals surface area contributed by atoms with Crippen molar-refractivity contribution < 1.29 is 9.21 Å². The third-order valence-electron chi connectivity index (χ3n) is 3.43. The van der Waals surface area contributed by atoms with Crippen molar-refractivity contribution in [3.63, 3.8) is 0 Å². The molecule has 9 nitrogen and oxygen atoms in total.